The van der Waals surface area contributed by atoms with Gasteiger partial charge >= 0.3 is 0 Å². The van der Waals surface area contributed by atoms with Crippen LogP contribution in [0.4, 0.5) is 5.95 Å². The highest BCUT2D eigenvalue weighted by atomic mass is 16.5. The van der Waals surface area contributed by atoms with Gasteiger partial charge in [-0.2, -0.15) is 4.98 Å². The Kier molecular flexibility index (Phi) is 4.55. The standard InChI is InChI=1S/C15H25N5O/c1-2-21-14-3-7-17-15(18-14)20-10-6-13(11-20)19-8-4-12(16)5-9-19/h3,7,12-13H,2,4-6,8-11,16H2,1H3. The van der Waals surface area contributed by atoms with E-state index in [4.69, 9.17) is 10.5 Å². The summed E-state index contributed by atoms with van der Waals surface area (Å²) < 4.78 is 5.46. The molecule has 2 aliphatic rings. The highest BCUT2D eigenvalue weighted by Crippen LogP contribution is 2.23. The fourth-order valence-electron chi connectivity index (χ4n) is 3.22. The fraction of sp³-hybridized carbons (Fsp3) is 0.733. The third kappa shape index (κ3) is 3.44. The summed E-state index contributed by atoms with van der Waals surface area (Å²) in [5.41, 5.74) is 5.99. The second-order valence-corrected chi connectivity index (χ2v) is 5.89. The third-order valence-electron chi connectivity index (χ3n) is 4.45. The minimum Gasteiger partial charge on any atom is -0.478 e. The molecule has 0 amide bonds. The second-order valence-electron chi connectivity index (χ2n) is 5.89. The quantitative estimate of drug-likeness (QED) is 0.888. The number of aromatic nitrogens is 2. The van der Waals surface area contributed by atoms with E-state index in [0.717, 1.165) is 45.0 Å². The monoisotopic (exact) mass is 291 g/mol. The van der Waals surface area contributed by atoms with Crippen molar-refractivity contribution in [3.8, 4) is 5.88 Å². The van der Waals surface area contributed by atoms with Gasteiger partial charge in [0, 0.05) is 37.4 Å². The van der Waals surface area contributed by atoms with Gasteiger partial charge in [0.2, 0.25) is 11.8 Å². The van der Waals surface area contributed by atoms with E-state index in [1.807, 2.05) is 13.0 Å². The smallest absolute Gasteiger partial charge is 0.228 e. The van der Waals surface area contributed by atoms with E-state index in [9.17, 15) is 0 Å². The molecule has 6 nitrogen and oxygen atoms in total. The van der Waals surface area contributed by atoms with Crippen LogP contribution in [-0.4, -0.2) is 59.7 Å². The van der Waals surface area contributed by atoms with Crippen LogP contribution in [0.3, 0.4) is 0 Å². The zero-order valence-corrected chi connectivity index (χ0v) is 12.7. The summed E-state index contributed by atoms with van der Waals surface area (Å²) in [4.78, 5) is 13.7. The number of ether oxygens (including phenoxy) is 1. The molecule has 0 bridgehead atoms. The Labute approximate surface area is 126 Å². The van der Waals surface area contributed by atoms with Crippen LogP contribution in [-0.2, 0) is 0 Å². The van der Waals surface area contributed by atoms with Crippen LogP contribution < -0.4 is 15.4 Å². The molecule has 1 unspecified atom stereocenters. The van der Waals surface area contributed by atoms with E-state index in [1.165, 1.54) is 6.42 Å². The van der Waals surface area contributed by atoms with Crippen molar-refractivity contribution in [1.82, 2.24) is 14.9 Å². The maximum Gasteiger partial charge on any atom is 0.228 e. The number of hydrogen-bond acceptors (Lipinski definition) is 6. The first kappa shape index (κ1) is 14.5. The van der Waals surface area contributed by atoms with Gasteiger partial charge in [0.15, 0.2) is 0 Å². The highest BCUT2D eigenvalue weighted by Gasteiger charge is 2.30. The van der Waals surface area contributed by atoms with Crippen LogP contribution in [0.15, 0.2) is 12.3 Å². The Morgan fingerprint density at radius 1 is 1.29 bits per heavy atom. The Bertz CT molecular complexity index is 461. The molecule has 0 saturated carbocycles. The topological polar surface area (TPSA) is 67.5 Å². The lowest BCUT2D eigenvalue weighted by Crippen LogP contribution is -2.46. The predicted molar refractivity (Wildman–Crippen MR) is 82.6 cm³/mol. The van der Waals surface area contributed by atoms with Crippen LogP contribution in [0.25, 0.3) is 0 Å². The average molecular weight is 291 g/mol. The van der Waals surface area contributed by atoms with Gasteiger partial charge in [0.1, 0.15) is 0 Å². The van der Waals surface area contributed by atoms with Crippen LogP contribution in [0, 0.1) is 0 Å². The van der Waals surface area contributed by atoms with Gasteiger partial charge < -0.3 is 15.4 Å². The van der Waals surface area contributed by atoms with E-state index in [-0.39, 0.29) is 0 Å². The molecule has 0 aromatic carbocycles. The zero-order valence-electron chi connectivity index (χ0n) is 12.7. The SMILES string of the molecule is CCOc1ccnc(N2CCC(N3CCC(N)CC3)C2)n1. The van der Waals surface area contributed by atoms with Gasteiger partial charge in [-0.1, -0.05) is 0 Å². The first-order valence-corrected chi connectivity index (χ1v) is 7.96. The Morgan fingerprint density at radius 2 is 2.10 bits per heavy atom. The van der Waals surface area contributed by atoms with Crippen molar-refractivity contribution < 1.29 is 4.74 Å². The second kappa shape index (κ2) is 6.58. The van der Waals surface area contributed by atoms with Crippen molar-refractivity contribution in [2.75, 3.05) is 37.7 Å². The minimum atomic E-state index is 0.393. The minimum absolute atomic E-state index is 0.393. The molecule has 2 saturated heterocycles. The maximum absolute atomic E-state index is 5.99. The summed E-state index contributed by atoms with van der Waals surface area (Å²) in [6.45, 7) is 6.87. The van der Waals surface area contributed by atoms with E-state index < -0.39 is 0 Å². The number of rotatable bonds is 4. The molecule has 0 radical (unpaired) electrons. The normalized spacial score (nSPS) is 24.5. The fourth-order valence-corrected chi connectivity index (χ4v) is 3.22. The van der Waals surface area contributed by atoms with Crippen molar-refractivity contribution in [2.24, 2.45) is 5.73 Å². The summed E-state index contributed by atoms with van der Waals surface area (Å²) in [5, 5.41) is 0. The van der Waals surface area contributed by atoms with Crippen molar-refractivity contribution >= 4 is 5.95 Å². The molecule has 2 fully saturated rings. The molecule has 3 heterocycles. The average Bonchev–Trinajstić information content (AvgIpc) is 2.98. The molecular weight excluding hydrogens is 266 g/mol. The first-order valence-electron chi connectivity index (χ1n) is 7.96. The van der Waals surface area contributed by atoms with Gasteiger partial charge in [-0.15, -0.1) is 0 Å². The highest BCUT2D eigenvalue weighted by molar-refractivity contribution is 5.34. The molecule has 1 aromatic rings. The largest absolute Gasteiger partial charge is 0.478 e. The molecule has 6 heteroatoms. The number of nitrogens with zero attached hydrogens (tertiary/aromatic N) is 4. The van der Waals surface area contributed by atoms with Crippen LogP contribution in [0.5, 0.6) is 5.88 Å². The lowest BCUT2D eigenvalue weighted by atomic mass is 10.0. The van der Waals surface area contributed by atoms with Crippen molar-refractivity contribution in [3.63, 3.8) is 0 Å². The van der Waals surface area contributed by atoms with Gasteiger partial charge in [-0.25, -0.2) is 4.98 Å². The van der Waals surface area contributed by atoms with Crippen molar-refractivity contribution in [2.45, 2.75) is 38.3 Å². The number of piperidine rings is 1. The van der Waals surface area contributed by atoms with E-state index in [2.05, 4.69) is 19.8 Å². The van der Waals surface area contributed by atoms with E-state index >= 15 is 0 Å². The molecule has 2 N–H and O–H groups in total. The molecule has 1 aromatic heterocycles. The van der Waals surface area contributed by atoms with Crippen LogP contribution in [0.1, 0.15) is 26.2 Å². The van der Waals surface area contributed by atoms with Crippen molar-refractivity contribution in [1.29, 1.82) is 0 Å². The Hall–Kier alpha value is -1.40. The summed E-state index contributed by atoms with van der Waals surface area (Å²) in [5.74, 6) is 1.45. The number of anilines is 1. The Morgan fingerprint density at radius 3 is 2.86 bits per heavy atom. The maximum atomic E-state index is 5.99. The lowest BCUT2D eigenvalue weighted by molar-refractivity contribution is 0.163. The molecule has 1 atom stereocenters. The number of hydrogen-bond donors (Lipinski definition) is 1. The molecule has 0 aliphatic carbocycles. The molecule has 0 spiro atoms. The molecule has 2 aliphatic heterocycles. The van der Waals surface area contributed by atoms with E-state index in [0.29, 0.717) is 24.6 Å². The van der Waals surface area contributed by atoms with E-state index in [1.54, 1.807) is 6.20 Å². The molecule has 3 rings (SSSR count). The summed E-state index contributed by atoms with van der Waals surface area (Å²) in [6.07, 6.45) is 5.19. The summed E-state index contributed by atoms with van der Waals surface area (Å²) in [7, 11) is 0. The van der Waals surface area contributed by atoms with Gasteiger partial charge in [0.05, 0.1) is 6.61 Å². The van der Waals surface area contributed by atoms with Crippen LogP contribution >= 0.6 is 0 Å². The van der Waals surface area contributed by atoms with Crippen molar-refractivity contribution in [3.05, 3.63) is 12.3 Å². The Balaban J connectivity index is 1.60. The molecule has 116 valence electrons. The predicted octanol–water partition coefficient (Wildman–Crippen LogP) is 0.877. The molecule has 21 heavy (non-hydrogen) atoms. The third-order valence-corrected chi connectivity index (χ3v) is 4.45. The lowest BCUT2D eigenvalue weighted by Gasteiger charge is -2.34. The molecular formula is C15H25N5O. The van der Waals surface area contributed by atoms with Gasteiger partial charge in [-0.3, -0.25) is 4.90 Å². The zero-order chi connectivity index (χ0) is 14.7. The number of likely N-dealkylation sites (tertiary alicyclic amines) is 1. The summed E-state index contributed by atoms with van der Waals surface area (Å²) in [6, 6.07) is 2.81. The first-order chi connectivity index (χ1) is 10.3. The van der Waals surface area contributed by atoms with Gasteiger partial charge in [0.25, 0.3) is 0 Å². The summed E-state index contributed by atoms with van der Waals surface area (Å²) >= 11 is 0. The van der Waals surface area contributed by atoms with Crippen LogP contribution in [0.2, 0.25) is 0 Å². The number of nitrogens with two attached hydrogens (primary N) is 1. The van der Waals surface area contributed by atoms with Gasteiger partial charge in [-0.05, 0) is 39.3 Å².